The molecule has 0 spiro atoms. The Hall–Kier alpha value is -2.36. The van der Waals surface area contributed by atoms with Crippen LogP contribution in [0.5, 0.6) is 0 Å². The molecule has 4 heteroatoms. The molecule has 2 aromatic carbocycles. The first-order chi connectivity index (χ1) is 9.15. The zero-order chi connectivity index (χ0) is 13.4. The predicted octanol–water partition coefficient (Wildman–Crippen LogP) is 2.69. The molecule has 19 heavy (non-hydrogen) atoms. The van der Waals surface area contributed by atoms with Crippen molar-refractivity contribution in [3.63, 3.8) is 0 Å². The van der Waals surface area contributed by atoms with Gasteiger partial charge < -0.3 is 11.1 Å². The van der Waals surface area contributed by atoms with Crippen LogP contribution in [0.2, 0.25) is 0 Å². The molecule has 3 rings (SSSR count). The molecule has 2 aromatic rings. The Kier molecular flexibility index (Phi) is 2.71. The SMILES string of the molecule is Nc1cccc2c1NC(=O)C2Cc1ccc(F)cc1. The number of rotatable bonds is 2. The highest BCUT2D eigenvalue weighted by Crippen LogP contribution is 2.38. The van der Waals surface area contributed by atoms with Crippen LogP contribution < -0.4 is 11.1 Å². The molecule has 0 aliphatic carbocycles. The van der Waals surface area contributed by atoms with E-state index in [-0.39, 0.29) is 17.6 Å². The number of benzene rings is 2. The van der Waals surface area contributed by atoms with Crippen molar-refractivity contribution in [2.24, 2.45) is 0 Å². The van der Waals surface area contributed by atoms with E-state index in [0.29, 0.717) is 17.8 Å². The Balaban J connectivity index is 1.92. The van der Waals surface area contributed by atoms with E-state index in [1.54, 1.807) is 18.2 Å². The van der Waals surface area contributed by atoms with Crippen molar-refractivity contribution in [1.82, 2.24) is 0 Å². The second-order valence-corrected chi connectivity index (χ2v) is 4.68. The normalized spacial score (nSPS) is 17.1. The fourth-order valence-corrected chi connectivity index (χ4v) is 2.43. The number of hydrogen-bond donors (Lipinski definition) is 2. The monoisotopic (exact) mass is 256 g/mol. The molecule has 1 amide bonds. The zero-order valence-corrected chi connectivity index (χ0v) is 10.2. The molecule has 0 saturated carbocycles. The number of fused-ring (bicyclic) bond motifs is 1. The smallest absolute Gasteiger partial charge is 0.232 e. The van der Waals surface area contributed by atoms with E-state index >= 15 is 0 Å². The standard InChI is InChI=1S/C15H13FN2O/c16-10-6-4-9(5-7-10)8-12-11-2-1-3-13(17)14(11)18-15(12)19/h1-7,12H,8,17H2,(H,18,19). The highest BCUT2D eigenvalue weighted by molar-refractivity contribution is 6.05. The van der Waals surface area contributed by atoms with Gasteiger partial charge in [-0.3, -0.25) is 4.79 Å². The van der Waals surface area contributed by atoms with Gasteiger partial charge >= 0.3 is 0 Å². The quantitative estimate of drug-likeness (QED) is 0.812. The van der Waals surface area contributed by atoms with Gasteiger partial charge in [0.25, 0.3) is 0 Å². The van der Waals surface area contributed by atoms with Gasteiger partial charge in [0, 0.05) is 0 Å². The summed E-state index contributed by atoms with van der Waals surface area (Å²) < 4.78 is 12.9. The number of anilines is 2. The van der Waals surface area contributed by atoms with Crippen molar-refractivity contribution in [2.45, 2.75) is 12.3 Å². The summed E-state index contributed by atoms with van der Waals surface area (Å²) in [6.07, 6.45) is 0.544. The van der Waals surface area contributed by atoms with E-state index in [4.69, 9.17) is 5.73 Å². The van der Waals surface area contributed by atoms with E-state index in [2.05, 4.69) is 5.32 Å². The Morgan fingerprint density at radius 1 is 1.16 bits per heavy atom. The van der Waals surface area contributed by atoms with E-state index in [1.165, 1.54) is 12.1 Å². The highest BCUT2D eigenvalue weighted by atomic mass is 19.1. The predicted molar refractivity (Wildman–Crippen MR) is 72.3 cm³/mol. The van der Waals surface area contributed by atoms with Crippen molar-refractivity contribution in [3.8, 4) is 0 Å². The van der Waals surface area contributed by atoms with E-state index in [1.807, 2.05) is 12.1 Å². The van der Waals surface area contributed by atoms with Crippen LogP contribution in [0.25, 0.3) is 0 Å². The lowest BCUT2D eigenvalue weighted by Crippen LogP contribution is -2.14. The van der Waals surface area contributed by atoms with Gasteiger partial charge in [-0.05, 0) is 35.7 Å². The summed E-state index contributed by atoms with van der Waals surface area (Å²) in [5.41, 5.74) is 8.97. The van der Waals surface area contributed by atoms with Crippen LogP contribution >= 0.6 is 0 Å². The third-order valence-corrected chi connectivity index (χ3v) is 3.42. The maximum Gasteiger partial charge on any atom is 0.232 e. The number of nitrogen functional groups attached to an aromatic ring is 1. The number of nitrogens with two attached hydrogens (primary N) is 1. The Morgan fingerprint density at radius 2 is 1.89 bits per heavy atom. The van der Waals surface area contributed by atoms with Crippen molar-refractivity contribution < 1.29 is 9.18 Å². The van der Waals surface area contributed by atoms with Crippen molar-refractivity contribution in [3.05, 3.63) is 59.4 Å². The second-order valence-electron chi connectivity index (χ2n) is 4.68. The minimum Gasteiger partial charge on any atom is -0.397 e. The minimum absolute atomic E-state index is 0.0581. The lowest BCUT2D eigenvalue weighted by Gasteiger charge is -2.09. The zero-order valence-electron chi connectivity index (χ0n) is 10.2. The molecule has 1 aliphatic rings. The molecule has 0 saturated heterocycles. The van der Waals surface area contributed by atoms with Gasteiger partial charge in [0.2, 0.25) is 5.91 Å². The molecule has 1 heterocycles. The lowest BCUT2D eigenvalue weighted by molar-refractivity contribution is -0.117. The van der Waals surface area contributed by atoms with E-state index < -0.39 is 0 Å². The second kappa shape index (κ2) is 4.39. The molecule has 3 nitrogen and oxygen atoms in total. The van der Waals surface area contributed by atoms with Crippen LogP contribution in [-0.4, -0.2) is 5.91 Å². The molecule has 1 atom stereocenters. The number of para-hydroxylation sites is 1. The molecule has 0 bridgehead atoms. The maximum absolute atomic E-state index is 12.9. The number of halogens is 1. The van der Waals surface area contributed by atoms with Gasteiger partial charge in [0.15, 0.2) is 0 Å². The van der Waals surface area contributed by atoms with Crippen molar-refractivity contribution in [1.29, 1.82) is 0 Å². The Morgan fingerprint density at radius 3 is 2.63 bits per heavy atom. The Bertz CT molecular complexity index is 637. The summed E-state index contributed by atoms with van der Waals surface area (Å²) in [5, 5.41) is 2.81. The number of carbonyl (C=O) groups excluding carboxylic acids is 1. The average molecular weight is 256 g/mol. The summed E-state index contributed by atoms with van der Waals surface area (Å²) in [6, 6.07) is 11.7. The maximum atomic E-state index is 12.9. The molecule has 96 valence electrons. The van der Waals surface area contributed by atoms with Crippen LogP contribution in [-0.2, 0) is 11.2 Å². The molecule has 1 aliphatic heterocycles. The summed E-state index contributed by atoms with van der Waals surface area (Å²) in [5.74, 6) is -0.592. The Labute approximate surface area is 110 Å². The van der Waals surface area contributed by atoms with Gasteiger partial charge in [0.1, 0.15) is 5.82 Å². The third-order valence-electron chi connectivity index (χ3n) is 3.42. The molecule has 1 unspecified atom stereocenters. The fourth-order valence-electron chi connectivity index (χ4n) is 2.43. The van der Waals surface area contributed by atoms with Crippen LogP contribution in [0.1, 0.15) is 17.0 Å². The summed E-state index contributed by atoms with van der Waals surface area (Å²) in [6.45, 7) is 0. The molecule has 3 N–H and O–H groups in total. The number of nitrogens with one attached hydrogen (secondary N) is 1. The average Bonchev–Trinajstić information content (AvgIpc) is 2.71. The summed E-state index contributed by atoms with van der Waals surface area (Å²) in [7, 11) is 0. The van der Waals surface area contributed by atoms with E-state index in [9.17, 15) is 9.18 Å². The van der Waals surface area contributed by atoms with Crippen LogP contribution in [0.3, 0.4) is 0 Å². The van der Waals surface area contributed by atoms with Gasteiger partial charge in [-0.2, -0.15) is 0 Å². The third kappa shape index (κ3) is 2.05. The largest absolute Gasteiger partial charge is 0.397 e. The molecular formula is C15H13FN2O. The summed E-state index contributed by atoms with van der Waals surface area (Å²) >= 11 is 0. The number of hydrogen-bond acceptors (Lipinski definition) is 2. The van der Waals surface area contributed by atoms with Gasteiger partial charge in [0.05, 0.1) is 17.3 Å². The molecule has 0 aromatic heterocycles. The van der Waals surface area contributed by atoms with Crippen LogP contribution in [0.15, 0.2) is 42.5 Å². The first kappa shape index (κ1) is 11.7. The van der Waals surface area contributed by atoms with Crippen LogP contribution in [0.4, 0.5) is 15.8 Å². The first-order valence-electron chi connectivity index (χ1n) is 6.09. The summed E-state index contributed by atoms with van der Waals surface area (Å²) in [4.78, 5) is 12.0. The van der Waals surface area contributed by atoms with Gasteiger partial charge in [-0.1, -0.05) is 24.3 Å². The molecule has 0 fully saturated rings. The van der Waals surface area contributed by atoms with Gasteiger partial charge in [-0.25, -0.2) is 4.39 Å². The number of carbonyl (C=O) groups is 1. The first-order valence-corrected chi connectivity index (χ1v) is 6.09. The van der Waals surface area contributed by atoms with Crippen molar-refractivity contribution in [2.75, 3.05) is 11.1 Å². The van der Waals surface area contributed by atoms with Crippen molar-refractivity contribution >= 4 is 17.3 Å². The topological polar surface area (TPSA) is 55.1 Å². The highest BCUT2D eigenvalue weighted by Gasteiger charge is 2.31. The van der Waals surface area contributed by atoms with E-state index in [0.717, 1.165) is 11.1 Å². The molecular weight excluding hydrogens is 243 g/mol. The fraction of sp³-hybridized carbons (Fsp3) is 0.133. The number of amides is 1. The minimum atomic E-state index is -0.274. The van der Waals surface area contributed by atoms with Crippen LogP contribution in [0, 0.1) is 5.82 Å². The van der Waals surface area contributed by atoms with Gasteiger partial charge in [-0.15, -0.1) is 0 Å². The lowest BCUT2D eigenvalue weighted by atomic mass is 9.93. The molecule has 0 radical (unpaired) electrons.